The van der Waals surface area contributed by atoms with Gasteiger partial charge in [-0.05, 0) is 25.3 Å². The minimum Gasteiger partial charge on any atom is -0.383 e. The summed E-state index contributed by atoms with van der Waals surface area (Å²) in [6.07, 6.45) is 4.92. The van der Waals surface area contributed by atoms with Crippen LogP contribution in [0, 0.1) is 5.92 Å². The van der Waals surface area contributed by atoms with Crippen molar-refractivity contribution in [1.82, 2.24) is 19.4 Å². The molecule has 1 saturated heterocycles. The van der Waals surface area contributed by atoms with Crippen LogP contribution in [-0.2, 0) is 21.8 Å². The molecule has 0 spiro atoms. The SMILES string of the molecule is COCCNCC1CCCN(S(=O)(=O)c2cnn(C)c2)C1. The number of aryl methyl sites for hydroxylation is 1. The Morgan fingerprint density at radius 1 is 1.52 bits per heavy atom. The molecule has 1 N–H and O–H groups in total. The Morgan fingerprint density at radius 2 is 2.33 bits per heavy atom. The quantitative estimate of drug-likeness (QED) is 0.720. The van der Waals surface area contributed by atoms with Gasteiger partial charge in [0.15, 0.2) is 0 Å². The number of rotatable bonds is 7. The lowest BCUT2D eigenvalue weighted by molar-refractivity contribution is 0.193. The highest BCUT2D eigenvalue weighted by Gasteiger charge is 2.30. The summed E-state index contributed by atoms with van der Waals surface area (Å²) in [7, 11) is -0.0207. The van der Waals surface area contributed by atoms with Gasteiger partial charge in [-0.2, -0.15) is 9.40 Å². The monoisotopic (exact) mass is 316 g/mol. The molecule has 0 aromatic carbocycles. The van der Waals surface area contributed by atoms with Gasteiger partial charge < -0.3 is 10.1 Å². The predicted molar refractivity (Wildman–Crippen MR) is 79.4 cm³/mol. The summed E-state index contributed by atoms with van der Waals surface area (Å²) in [5.74, 6) is 0.349. The van der Waals surface area contributed by atoms with Gasteiger partial charge in [-0.25, -0.2) is 8.42 Å². The molecule has 1 aliphatic rings. The second kappa shape index (κ2) is 7.35. The Labute approximate surface area is 126 Å². The van der Waals surface area contributed by atoms with Crippen LogP contribution in [0.15, 0.2) is 17.3 Å². The van der Waals surface area contributed by atoms with Crippen molar-refractivity contribution in [3.05, 3.63) is 12.4 Å². The van der Waals surface area contributed by atoms with Gasteiger partial charge in [-0.1, -0.05) is 0 Å². The van der Waals surface area contributed by atoms with Crippen LogP contribution in [-0.4, -0.2) is 62.4 Å². The van der Waals surface area contributed by atoms with Crippen LogP contribution in [0.5, 0.6) is 0 Å². The zero-order chi connectivity index (χ0) is 15.3. The highest BCUT2D eigenvalue weighted by Crippen LogP contribution is 2.23. The fraction of sp³-hybridized carbons (Fsp3) is 0.769. The molecule has 1 fully saturated rings. The van der Waals surface area contributed by atoms with Crippen LogP contribution in [0.1, 0.15) is 12.8 Å². The van der Waals surface area contributed by atoms with Crippen LogP contribution >= 0.6 is 0 Å². The van der Waals surface area contributed by atoms with Gasteiger partial charge >= 0.3 is 0 Å². The van der Waals surface area contributed by atoms with Crippen molar-refractivity contribution in [3.63, 3.8) is 0 Å². The predicted octanol–water partition coefficient (Wildman–Crippen LogP) is 0.0568. The number of hydrogen-bond donors (Lipinski definition) is 1. The lowest BCUT2D eigenvalue weighted by Crippen LogP contribution is -2.43. The molecule has 1 aromatic rings. The van der Waals surface area contributed by atoms with E-state index in [2.05, 4.69) is 10.4 Å². The number of nitrogens with one attached hydrogen (secondary N) is 1. The van der Waals surface area contributed by atoms with Gasteiger partial charge in [-0.15, -0.1) is 0 Å². The Hall–Kier alpha value is -0.960. The standard InChI is InChI=1S/C13H24N4O3S/c1-16-11-13(9-15-16)21(18,19)17-6-3-4-12(10-17)8-14-5-7-20-2/h9,11-12,14H,3-8,10H2,1-2H3. The first-order valence-corrected chi connectivity index (χ1v) is 8.66. The summed E-state index contributed by atoms with van der Waals surface area (Å²) in [5.41, 5.74) is 0. The molecule has 0 amide bonds. The second-order valence-electron chi connectivity index (χ2n) is 5.42. The Balaban J connectivity index is 1.94. The number of aromatic nitrogens is 2. The van der Waals surface area contributed by atoms with Gasteiger partial charge in [-0.3, -0.25) is 4.68 Å². The molecule has 2 rings (SSSR count). The molecular formula is C13H24N4O3S. The Bertz CT molecular complexity index is 543. The molecule has 7 nitrogen and oxygen atoms in total. The van der Waals surface area contributed by atoms with Gasteiger partial charge in [0.1, 0.15) is 4.90 Å². The molecule has 1 aliphatic heterocycles. The van der Waals surface area contributed by atoms with Crippen molar-refractivity contribution in [2.24, 2.45) is 13.0 Å². The lowest BCUT2D eigenvalue weighted by atomic mass is 10.00. The third-order valence-electron chi connectivity index (χ3n) is 3.72. The summed E-state index contributed by atoms with van der Waals surface area (Å²) < 4.78 is 33.2. The molecule has 0 saturated carbocycles. The maximum absolute atomic E-state index is 12.6. The Kier molecular flexibility index (Phi) is 5.74. The summed E-state index contributed by atoms with van der Waals surface area (Å²) in [5, 5.41) is 7.26. The maximum atomic E-state index is 12.6. The Morgan fingerprint density at radius 3 is 3.00 bits per heavy atom. The lowest BCUT2D eigenvalue weighted by Gasteiger charge is -2.31. The molecule has 21 heavy (non-hydrogen) atoms. The molecule has 8 heteroatoms. The van der Waals surface area contributed by atoms with Crippen molar-refractivity contribution in [3.8, 4) is 0 Å². The molecule has 1 aromatic heterocycles. The fourth-order valence-electron chi connectivity index (χ4n) is 2.57. The summed E-state index contributed by atoms with van der Waals surface area (Å²) in [4.78, 5) is 0.276. The van der Waals surface area contributed by atoms with E-state index in [1.807, 2.05) is 0 Å². The van der Waals surface area contributed by atoms with Crippen LogP contribution in [0.3, 0.4) is 0 Å². The fourth-order valence-corrected chi connectivity index (χ4v) is 4.11. The van der Waals surface area contributed by atoms with Gasteiger partial charge in [0.25, 0.3) is 0 Å². The zero-order valence-electron chi connectivity index (χ0n) is 12.7. The molecular weight excluding hydrogens is 292 g/mol. The van der Waals surface area contributed by atoms with Gasteiger partial charge in [0.05, 0.1) is 12.8 Å². The van der Waals surface area contributed by atoms with E-state index in [-0.39, 0.29) is 4.90 Å². The van der Waals surface area contributed by atoms with E-state index in [0.29, 0.717) is 25.6 Å². The molecule has 2 heterocycles. The number of hydrogen-bond acceptors (Lipinski definition) is 5. The number of piperidine rings is 1. The topological polar surface area (TPSA) is 76.5 Å². The molecule has 0 radical (unpaired) electrons. The van der Waals surface area contributed by atoms with Crippen LogP contribution in [0.4, 0.5) is 0 Å². The van der Waals surface area contributed by atoms with Gasteiger partial charge in [0, 0.05) is 40.0 Å². The van der Waals surface area contributed by atoms with Crippen molar-refractivity contribution in [2.75, 3.05) is 39.9 Å². The van der Waals surface area contributed by atoms with E-state index in [0.717, 1.165) is 25.9 Å². The van der Waals surface area contributed by atoms with E-state index in [4.69, 9.17) is 4.74 Å². The smallest absolute Gasteiger partial charge is 0.246 e. The first-order valence-electron chi connectivity index (χ1n) is 7.22. The molecule has 1 unspecified atom stereocenters. The number of methoxy groups -OCH3 is 1. The molecule has 1 atom stereocenters. The first kappa shape index (κ1) is 16.4. The van der Waals surface area contributed by atoms with Crippen molar-refractivity contribution in [1.29, 1.82) is 0 Å². The first-order chi connectivity index (χ1) is 10.0. The van der Waals surface area contributed by atoms with Crippen molar-refractivity contribution >= 4 is 10.0 Å². The van der Waals surface area contributed by atoms with E-state index in [1.54, 1.807) is 24.7 Å². The third kappa shape index (κ3) is 4.26. The van der Waals surface area contributed by atoms with E-state index in [9.17, 15) is 8.42 Å². The highest BCUT2D eigenvalue weighted by atomic mass is 32.2. The third-order valence-corrected chi connectivity index (χ3v) is 5.53. The van der Waals surface area contributed by atoms with E-state index >= 15 is 0 Å². The summed E-state index contributed by atoms with van der Waals surface area (Å²) >= 11 is 0. The average Bonchev–Trinajstić information content (AvgIpc) is 2.91. The van der Waals surface area contributed by atoms with Crippen LogP contribution < -0.4 is 5.32 Å². The number of sulfonamides is 1. The summed E-state index contributed by atoms with van der Waals surface area (Å²) in [6.45, 7) is 3.44. The van der Waals surface area contributed by atoms with Crippen molar-refractivity contribution < 1.29 is 13.2 Å². The van der Waals surface area contributed by atoms with Crippen molar-refractivity contribution in [2.45, 2.75) is 17.7 Å². The van der Waals surface area contributed by atoms with Gasteiger partial charge in [0.2, 0.25) is 10.0 Å². The minimum atomic E-state index is -3.41. The highest BCUT2D eigenvalue weighted by molar-refractivity contribution is 7.89. The number of nitrogens with zero attached hydrogens (tertiary/aromatic N) is 3. The largest absolute Gasteiger partial charge is 0.383 e. The van der Waals surface area contributed by atoms with Crippen LogP contribution in [0.25, 0.3) is 0 Å². The molecule has 120 valence electrons. The minimum absolute atomic E-state index is 0.276. The zero-order valence-corrected chi connectivity index (χ0v) is 13.5. The summed E-state index contributed by atoms with van der Waals surface area (Å²) in [6, 6.07) is 0. The van der Waals surface area contributed by atoms with Crippen LogP contribution in [0.2, 0.25) is 0 Å². The normalized spacial score (nSPS) is 20.8. The number of ether oxygens (including phenoxy) is 1. The maximum Gasteiger partial charge on any atom is 0.246 e. The second-order valence-corrected chi connectivity index (χ2v) is 7.36. The molecule has 0 bridgehead atoms. The van der Waals surface area contributed by atoms with E-state index < -0.39 is 10.0 Å². The van der Waals surface area contributed by atoms with E-state index in [1.165, 1.54) is 10.9 Å². The average molecular weight is 316 g/mol. The molecule has 0 aliphatic carbocycles.